The third kappa shape index (κ3) is 4.94. The first-order valence-electron chi connectivity index (χ1n) is 7.83. The summed E-state index contributed by atoms with van der Waals surface area (Å²) in [5.41, 5.74) is 0.260. The van der Waals surface area contributed by atoms with E-state index >= 15 is 0 Å². The van der Waals surface area contributed by atoms with Crippen LogP contribution in [0.25, 0.3) is 0 Å². The van der Waals surface area contributed by atoms with Crippen molar-refractivity contribution in [3.05, 3.63) is 29.8 Å². The predicted octanol–water partition coefficient (Wildman–Crippen LogP) is 1.83. The molecule has 0 unspecified atom stereocenters. The average molecular weight is 398 g/mol. The van der Waals surface area contributed by atoms with Crippen LogP contribution in [-0.4, -0.2) is 62.8 Å². The maximum atomic E-state index is 13.8. The number of carbonyl (C=O) groups is 1. The summed E-state index contributed by atoms with van der Waals surface area (Å²) in [5.74, 6) is -0.837. The van der Waals surface area contributed by atoms with Crippen LogP contribution in [0, 0.1) is 11.6 Å². The second kappa shape index (κ2) is 9.52. The van der Waals surface area contributed by atoms with E-state index in [1.54, 1.807) is 16.9 Å². The Bertz CT molecular complexity index is 586. The minimum absolute atomic E-state index is 0. The van der Waals surface area contributed by atoms with Gasteiger partial charge in [-0.1, -0.05) is 0 Å². The molecule has 2 heterocycles. The van der Waals surface area contributed by atoms with Gasteiger partial charge >= 0.3 is 0 Å². The van der Waals surface area contributed by atoms with Gasteiger partial charge in [-0.25, -0.2) is 8.78 Å². The van der Waals surface area contributed by atoms with Gasteiger partial charge in [0.05, 0.1) is 17.8 Å². The third-order valence-electron chi connectivity index (χ3n) is 4.56. The van der Waals surface area contributed by atoms with E-state index in [1.165, 1.54) is 6.07 Å². The zero-order chi connectivity index (χ0) is 16.4. The van der Waals surface area contributed by atoms with Gasteiger partial charge in [0.25, 0.3) is 0 Å². The Kier molecular flexibility index (Phi) is 8.34. The van der Waals surface area contributed by atoms with Gasteiger partial charge in [0.15, 0.2) is 0 Å². The number of hydrogen-bond donors (Lipinski definition) is 1. The Morgan fingerprint density at radius 2 is 1.88 bits per heavy atom. The van der Waals surface area contributed by atoms with Gasteiger partial charge in [0, 0.05) is 45.9 Å². The molecule has 0 aromatic heterocycles. The average Bonchev–Trinajstić information content (AvgIpc) is 3.06. The van der Waals surface area contributed by atoms with Crippen LogP contribution in [0.2, 0.25) is 0 Å². The van der Waals surface area contributed by atoms with Gasteiger partial charge in [-0.3, -0.25) is 4.79 Å². The molecule has 9 heteroatoms. The van der Waals surface area contributed by atoms with Crippen LogP contribution < -0.4 is 10.2 Å². The van der Waals surface area contributed by atoms with Crippen molar-refractivity contribution in [2.24, 2.45) is 0 Å². The number of halogens is 4. The molecular weight excluding hydrogens is 375 g/mol. The molecule has 1 aromatic rings. The lowest BCUT2D eigenvalue weighted by molar-refractivity contribution is -0.133. The molecule has 0 radical (unpaired) electrons. The van der Waals surface area contributed by atoms with E-state index in [1.807, 2.05) is 0 Å². The number of benzene rings is 1. The molecule has 0 spiro atoms. The Balaban J connectivity index is 0.00000156. The number of piperazine rings is 1. The van der Waals surface area contributed by atoms with E-state index in [0.717, 1.165) is 12.1 Å². The number of carbonyl (C=O) groups excluding carboxylic acids is 1. The van der Waals surface area contributed by atoms with Crippen molar-refractivity contribution in [1.29, 1.82) is 0 Å². The highest BCUT2D eigenvalue weighted by atomic mass is 35.5. The number of anilines is 1. The lowest BCUT2D eigenvalue weighted by atomic mass is 10.1. The molecule has 142 valence electrons. The molecule has 2 saturated heterocycles. The maximum Gasteiger partial charge on any atom is 0.239 e. The molecule has 3 rings (SSSR count). The summed E-state index contributed by atoms with van der Waals surface area (Å²) in [6.07, 6.45) is 0.750. The molecule has 2 fully saturated rings. The van der Waals surface area contributed by atoms with Crippen molar-refractivity contribution in [1.82, 2.24) is 10.2 Å². The first-order valence-corrected chi connectivity index (χ1v) is 7.83. The summed E-state index contributed by atoms with van der Waals surface area (Å²) in [5, 5.41) is 3.17. The molecule has 0 aliphatic carbocycles. The highest BCUT2D eigenvalue weighted by molar-refractivity contribution is 5.85. The highest BCUT2D eigenvalue weighted by Gasteiger charge is 2.33. The van der Waals surface area contributed by atoms with Crippen molar-refractivity contribution in [3.8, 4) is 0 Å². The Morgan fingerprint density at radius 3 is 2.48 bits per heavy atom. The van der Waals surface area contributed by atoms with Gasteiger partial charge in [0.2, 0.25) is 5.91 Å². The van der Waals surface area contributed by atoms with Gasteiger partial charge in [-0.05, 0) is 18.6 Å². The normalized spacial score (nSPS) is 23.0. The summed E-state index contributed by atoms with van der Waals surface area (Å²) in [7, 11) is 1.64. The number of methoxy groups -OCH3 is 1. The summed E-state index contributed by atoms with van der Waals surface area (Å²) in [6, 6.07) is 3.23. The van der Waals surface area contributed by atoms with E-state index in [-0.39, 0.29) is 48.6 Å². The molecule has 1 amide bonds. The SMILES string of the molecule is CO[C@@H]1CN[C@H](C(=O)N2CCN(c3cc(F)ccc3F)CC2)C1.Cl.Cl. The van der Waals surface area contributed by atoms with Crippen molar-refractivity contribution >= 4 is 36.4 Å². The second-order valence-electron chi connectivity index (χ2n) is 5.96. The predicted molar refractivity (Wildman–Crippen MR) is 96.9 cm³/mol. The molecule has 2 atom stereocenters. The summed E-state index contributed by atoms with van der Waals surface area (Å²) < 4.78 is 32.4. The lowest BCUT2D eigenvalue weighted by Crippen LogP contribution is -2.53. The van der Waals surface area contributed by atoms with Crippen LogP contribution in [0.3, 0.4) is 0 Å². The van der Waals surface area contributed by atoms with E-state index in [2.05, 4.69) is 5.32 Å². The van der Waals surface area contributed by atoms with Crippen molar-refractivity contribution in [2.45, 2.75) is 18.6 Å². The monoisotopic (exact) mass is 397 g/mol. The fourth-order valence-electron chi connectivity index (χ4n) is 3.19. The number of nitrogens with one attached hydrogen (secondary N) is 1. The highest BCUT2D eigenvalue weighted by Crippen LogP contribution is 2.22. The number of nitrogens with zero attached hydrogens (tertiary/aromatic N) is 2. The van der Waals surface area contributed by atoms with Gasteiger partial charge in [-0.15, -0.1) is 24.8 Å². The quantitative estimate of drug-likeness (QED) is 0.844. The van der Waals surface area contributed by atoms with E-state index < -0.39 is 11.6 Å². The van der Waals surface area contributed by atoms with Crippen molar-refractivity contribution < 1.29 is 18.3 Å². The minimum Gasteiger partial charge on any atom is -0.380 e. The van der Waals surface area contributed by atoms with E-state index in [0.29, 0.717) is 39.1 Å². The zero-order valence-corrected chi connectivity index (χ0v) is 15.5. The molecule has 25 heavy (non-hydrogen) atoms. The number of rotatable bonds is 3. The van der Waals surface area contributed by atoms with Crippen LogP contribution in [0.1, 0.15) is 6.42 Å². The molecular formula is C16H23Cl2F2N3O2. The minimum atomic E-state index is -0.458. The first-order chi connectivity index (χ1) is 11.1. The standard InChI is InChI=1S/C16H21F2N3O2.2ClH/c1-23-12-9-14(19-10-12)16(22)21-6-4-20(5-7-21)15-8-11(17)2-3-13(15)18;;/h2-3,8,12,14,19H,4-7,9-10H2,1H3;2*1H/t12-,14-;;/m0../s1. The van der Waals surface area contributed by atoms with Crippen LogP contribution in [0.15, 0.2) is 18.2 Å². The summed E-state index contributed by atoms with van der Waals surface area (Å²) >= 11 is 0. The molecule has 1 N–H and O–H groups in total. The molecule has 0 saturated carbocycles. The van der Waals surface area contributed by atoms with Crippen molar-refractivity contribution in [2.75, 3.05) is 44.7 Å². The topological polar surface area (TPSA) is 44.8 Å². The van der Waals surface area contributed by atoms with Crippen LogP contribution in [0.4, 0.5) is 14.5 Å². The third-order valence-corrected chi connectivity index (χ3v) is 4.56. The first kappa shape index (κ1) is 21.9. The second-order valence-corrected chi connectivity index (χ2v) is 5.96. The van der Waals surface area contributed by atoms with Crippen LogP contribution >= 0.6 is 24.8 Å². The number of amides is 1. The van der Waals surface area contributed by atoms with Gasteiger partial charge in [0.1, 0.15) is 11.6 Å². The zero-order valence-electron chi connectivity index (χ0n) is 13.9. The fourth-order valence-corrected chi connectivity index (χ4v) is 3.19. The van der Waals surface area contributed by atoms with Gasteiger partial charge < -0.3 is 19.9 Å². The van der Waals surface area contributed by atoms with E-state index in [9.17, 15) is 13.6 Å². The Labute approximate surface area is 158 Å². The largest absolute Gasteiger partial charge is 0.380 e. The Hall–Kier alpha value is -1.15. The van der Waals surface area contributed by atoms with Crippen molar-refractivity contribution in [3.63, 3.8) is 0 Å². The number of hydrogen-bond acceptors (Lipinski definition) is 4. The maximum absolute atomic E-state index is 13.8. The summed E-state index contributed by atoms with van der Waals surface area (Å²) in [6.45, 7) is 2.68. The summed E-state index contributed by atoms with van der Waals surface area (Å²) in [4.78, 5) is 16.0. The van der Waals surface area contributed by atoms with Crippen LogP contribution in [0.5, 0.6) is 0 Å². The lowest BCUT2D eigenvalue weighted by Gasteiger charge is -2.37. The molecule has 2 aliphatic heterocycles. The Morgan fingerprint density at radius 1 is 1.20 bits per heavy atom. The number of ether oxygens (including phenoxy) is 1. The smallest absolute Gasteiger partial charge is 0.239 e. The fraction of sp³-hybridized carbons (Fsp3) is 0.562. The molecule has 5 nitrogen and oxygen atoms in total. The molecule has 1 aromatic carbocycles. The molecule has 0 bridgehead atoms. The van der Waals surface area contributed by atoms with E-state index in [4.69, 9.17) is 4.74 Å². The van der Waals surface area contributed by atoms with Gasteiger partial charge in [-0.2, -0.15) is 0 Å². The van der Waals surface area contributed by atoms with Crippen LogP contribution in [-0.2, 0) is 9.53 Å². The molecule has 2 aliphatic rings.